The predicted octanol–water partition coefficient (Wildman–Crippen LogP) is 4.56. The van der Waals surface area contributed by atoms with E-state index in [1.807, 2.05) is 0 Å². The molecule has 3 rings (SSSR count). The van der Waals surface area contributed by atoms with Gasteiger partial charge in [-0.25, -0.2) is 13.6 Å². The molecule has 3 aromatic carbocycles. The fraction of sp³-hybridized carbons (Fsp3) is 0.130. The molecule has 0 aromatic heterocycles. The summed E-state index contributed by atoms with van der Waals surface area (Å²) in [6, 6.07) is 16.9. The number of rotatable bonds is 10. The van der Waals surface area contributed by atoms with Crippen molar-refractivity contribution in [2.75, 3.05) is 6.61 Å². The molecule has 0 saturated carbocycles. The van der Waals surface area contributed by atoms with E-state index in [2.05, 4.69) is 9.99 Å². The number of nitrogens with zero attached hydrogens (tertiary/aromatic N) is 1. The second-order valence-electron chi connectivity index (χ2n) is 6.44. The molecule has 0 unspecified atom stereocenters. The maximum Gasteiger partial charge on any atom is 0.344 e. The number of halogens is 2. The van der Waals surface area contributed by atoms with E-state index >= 15 is 0 Å². The second-order valence-corrected chi connectivity index (χ2v) is 6.44. The van der Waals surface area contributed by atoms with Crippen molar-refractivity contribution >= 4 is 12.2 Å². The van der Waals surface area contributed by atoms with Crippen LogP contribution >= 0.6 is 0 Å². The minimum atomic E-state index is -1.13. The fourth-order valence-electron chi connectivity index (χ4n) is 2.51. The molecule has 0 amide bonds. The van der Waals surface area contributed by atoms with Gasteiger partial charge >= 0.3 is 5.97 Å². The van der Waals surface area contributed by atoms with E-state index in [4.69, 9.17) is 14.6 Å². The number of hydrogen-bond acceptors (Lipinski definition) is 5. The van der Waals surface area contributed by atoms with Crippen LogP contribution in [0, 0.1) is 11.6 Å². The SMILES string of the molecule is O=C(O)CON=Cc1ccc(OCc2ccc(F)cc2)c(OCc2ccc(F)cc2)c1. The maximum absolute atomic E-state index is 13.1. The zero-order valence-electron chi connectivity index (χ0n) is 16.3. The quantitative estimate of drug-likeness (QED) is 0.379. The number of benzene rings is 3. The number of aliphatic carboxylic acids is 1. The van der Waals surface area contributed by atoms with E-state index in [9.17, 15) is 13.6 Å². The summed E-state index contributed by atoms with van der Waals surface area (Å²) < 4.78 is 37.9. The number of carboxylic acid groups (broad SMARTS) is 1. The van der Waals surface area contributed by atoms with Gasteiger partial charge in [0, 0.05) is 5.56 Å². The molecular weight excluding hydrogens is 408 g/mol. The molecule has 0 fully saturated rings. The highest BCUT2D eigenvalue weighted by Crippen LogP contribution is 2.30. The van der Waals surface area contributed by atoms with Gasteiger partial charge in [-0.2, -0.15) is 0 Å². The van der Waals surface area contributed by atoms with Crippen LogP contribution in [0.4, 0.5) is 8.78 Å². The third-order valence-electron chi connectivity index (χ3n) is 4.05. The summed E-state index contributed by atoms with van der Waals surface area (Å²) in [7, 11) is 0. The summed E-state index contributed by atoms with van der Waals surface area (Å²) in [5, 5.41) is 12.2. The molecule has 6 nitrogen and oxygen atoms in total. The Kier molecular flexibility index (Phi) is 7.53. The lowest BCUT2D eigenvalue weighted by Crippen LogP contribution is -2.03. The topological polar surface area (TPSA) is 77.4 Å². The summed E-state index contributed by atoms with van der Waals surface area (Å²) >= 11 is 0. The van der Waals surface area contributed by atoms with Crippen molar-refractivity contribution in [1.29, 1.82) is 0 Å². The van der Waals surface area contributed by atoms with Crippen molar-refractivity contribution in [2.45, 2.75) is 13.2 Å². The van der Waals surface area contributed by atoms with Crippen molar-refractivity contribution in [2.24, 2.45) is 5.16 Å². The number of carbonyl (C=O) groups is 1. The monoisotopic (exact) mass is 427 g/mol. The molecule has 0 spiro atoms. The Labute approximate surface area is 177 Å². The van der Waals surface area contributed by atoms with Gasteiger partial charge in [-0.05, 0) is 53.6 Å². The standard InChI is InChI=1S/C23H19F2NO5/c24-19-6-1-16(2-7-19)13-29-21-10-5-18(12-26-31-15-23(27)28)11-22(21)30-14-17-3-8-20(25)9-4-17/h1-12H,13-15H2,(H,27,28). The Morgan fingerprint density at radius 2 is 1.39 bits per heavy atom. The normalized spacial score (nSPS) is 10.8. The van der Waals surface area contributed by atoms with Gasteiger partial charge in [0.25, 0.3) is 0 Å². The first-order valence-electron chi connectivity index (χ1n) is 9.25. The Morgan fingerprint density at radius 1 is 0.839 bits per heavy atom. The molecule has 1 N–H and O–H groups in total. The molecule has 8 heteroatoms. The lowest BCUT2D eigenvalue weighted by Gasteiger charge is -2.14. The van der Waals surface area contributed by atoms with Crippen molar-refractivity contribution in [3.8, 4) is 11.5 Å². The second kappa shape index (κ2) is 10.7. The number of carboxylic acids is 1. The van der Waals surface area contributed by atoms with Crippen molar-refractivity contribution < 1.29 is 33.0 Å². The van der Waals surface area contributed by atoms with E-state index in [1.54, 1.807) is 42.5 Å². The smallest absolute Gasteiger partial charge is 0.344 e. The van der Waals surface area contributed by atoms with Crippen LogP contribution in [0.15, 0.2) is 71.9 Å². The largest absolute Gasteiger partial charge is 0.485 e. The van der Waals surface area contributed by atoms with Gasteiger partial charge in [-0.15, -0.1) is 0 Å². The Balaban J connectivity index is 1.73. The van der Waals surface area contributed by atoms with Crippen LogP contribution < -0.4 is 9.47 Å². The van der Waals surface area contributed by atoms with Gasteiger partial charge in [0.05, 0.1) is 6.21 Å². The molecule has 0 bridgehead atoms. The molecule has 0 atom stereocenters. The Morgan fingerprint density at radius 3 is 1.94 bits per heavy atom. The highest BCUT2D eigenvalue weighted by atomic mass is 19.1. The van der Waals surface area contributed by atoms with E-state index < -0.39 is 12.6 Å². The highest BCUT2D eigenvalue weighted by molar-refractivity contribution is 5.80. The van der Waals surface area contributed by atoms with Gasteiger partial charge in [-0.1, -0.05) is 29.4 Å². The number of hydrogen-bond donors (Lipinski definition) is 1. The van der Waals surface area contributed by atoms with Gasteiger partial charge < -0.3 is 19.4 Å². The summed E-state index contributed by atoms with van der Waals surface area (Å²) in [5.41, 5.74) is 2.13. The van der Waals surface area contributed by atoms with E-state index in [-0.39, 0.29) is 24.8 Å². The number of ether oxygens (including phenoxy) is 2. The van der Waals surface area contributed by atoms with Crippen LogP contribution in [0.5, 0.6) is 11.5 Å². The third kappa shape index (κ3) is 7.11. The molecule has 0 saturated heterocycles. The Hall–Kier alpha value is -3.94. The average molecular weight is 427 g/mol. The first-order valence-corrected chi connectivity index (χ1v) is 9.25. The van der Waals surface area contributed by atoms with Crippen LogP contribution in [-0.4, -0.2) is 23.9 Å². The highest BCUT2D eigenvalue weighted by Gasteiger charge is 2.08. The molecular formula is C23H19F2NO5. The van der Waals surface area contributed by atoms with Crippen LogP contribution in [-0.2, 0) is 22.8 Å². The van der Waals surface area contributed by atoms with E-state index in [1.165, 1.54) is 30.5 Å². The molecule has 160 valence electrons. The Bertz CT molecular complexity index is 1040. The first-order chi connectivity index (χ1) is 15.0. The minimum Gasteiger partial charge on any atom is -0.485 e. The number of oxime groups is 1. The van der Waals surface area contributed by atoms with Gasteiger partial charge in [0.1, 0.15) is 24.8 Å². The molecule has 0 aliphatic rings. The van der Waals surface area contributed by atoms with Gasteiger partial charge in [-0.3, -0.25) is 0 Å². The zero-order chi connectivity index (χ0) is 22.1. The summed E-state index contributed by atoms with van der Waals surface area (Å²) in [6.07, 6.45) is 1.34. The van der Waals surface area contributed by atoms with Crippen LogP contribution in [0.1, 0.15) is 16.7 Å². The lowest BCUT2D eigenvalue weighted by molar-refractivity contribution is -0.142. The molecule has 3 aromatic rings. The van der Waals surface area contributed by atoms with Crippen LogP contribution in [0.2, 0.25) is 0 Å². The van der Waals surface area contributed by atoms with Gasteiger partial charge in [0.15, 0.2) is 11.5 Å². The van der Waals surface area contributed by atoms with Crippen molar-refractivity contribution in [1.82, 2.24) is 0 Å². The summed E-state index contributed by atoms with van der Waals surface area (Å²) in [6.45, 7) is -0.186. The third-order valence-corrected chi connectivity index (χ3v) is 4.05. The average Bonchev–Trinajstić information content (AvgIpc) is 2.76. The van der Waals surface area contributed by atoms with Crippen LogP contribution in [0.25, 0.3) is 0 Å². The van der Waals surface area contributed by atoms with Crippen LogP contribution in [0.3, 0.4) is 0 Å². The lowest BCUT2D eigenvalue weighted by atomic mass is 10.2. The molecule has 0 radical (unpaired) electrons. The van der Waals surface area contributed by atoms with E-state index in [0.29, 0.717) is 17.1 Å². The molecule has 0 aliphatic heterocycles. The molecule has 0 heterocycles. The predicted molar refractivity (Wildman–Crippen MR) is 109 cm³/mol. The molecule has 0 aliphatic carbocycles. The van der Waals surface area contributed by atoms with Crippen molar-refractivity contribution in [3.05, 3.63) is 95.1 Å². The zero-order valence-corrected chi connectivity index (χ0v) is 16.3. The summed E-state index contributed by atoms with van der Waals surface area (Å²) in [4.78, 5) is 15.1. The summed E-state index contributed by atoms with van der Waals surface area (Å²) in [5.74, 6) is -0.971. The fourth-order valence-corrected chi connectivity index (χ4v) is 2.51. The minimum absolute atomic E-state index is 0.170. The molecule has 31 heavy (non-hydrogen) atoms. The van der Waals surface area contributed by atoms with E-state index in [0.717, 1.165) is 11.1 Å². The maximum atomic E-state index is 13.1. The van der Waals surface area contributed by atoms with Gasteiger partial charge in [0.2, 0.25) is 6.61 Å². The van der Waals surface area contributed by atoms with Crippen molar-refractivity contribution in [3.63, 3.8) is 0 Å². The first kappa shape index (κ1) is 21.8.